The molecule has 0 radical (unpaired) electrons. The van der Waals surface area contributed by atoms with Gasteiger partial charge in [0.25, 0.3) is 12.0 Å². The van der Waals surface area contributed by atoms with Gasteiger partial charge in [0.05, 0.1) is 12.2 Å². The number of nitriles is 1. The zero-order chi connectivity index (χ0) is 16.1. The van der Waals surface area contributed by atoms with Crippen molar-refractivity contribution in [3.8, 4) is 23.1 Å². The topological polar surface area (TPSA) is 55.0 Å². The summed E-state index contributed by atoms with van der Waals surface area (Å²) in [5.74, 6) is 0.474. The Morgan fingerprint density at radius 2 is 1.91 bits per heavy atom. The van der Waals surface area contributed by atoms with Gasteiger partial charge in [0.2, 0.25) is 0 Å². The SMILES string of the molecule is N#CCOc1ccc(-c2ccc(Cl)c(=O)n2CC(F)F)cc1. The van der Waals surface area contributed by atoms with E-state index in [-0.39, 0.29) is 11.6 Å². The fraction of sp³-hybridized carbons (Fsp3) is 0.200. The molecule has 0 aliphatic rings. The Bertz CT molecular complexity index is 752. The standard InChI is InChI=1S/C15H11ClF2N2O2/c16-12-5-6-13(20(15(12)21)9-14(17)18)10-1-3-11(4-2-10)22-8-7-19/h1-6,14H,8-9H2. The molecule has 0 saturated heterocycles. The van der Waals surface area contributed by atoms with Gasteiger partial charge in [-0.25, -0.2) is 8.78 Å². The molecular formula is C15H11ClF2N2O2. The number of hydrogen-bond donors (Lipinski definition) is 0. The van der Waals surface area contributed by atoms with Crippen molar-refractivity contribution in [2.75, 3.05) is 6.61 Å². The van der Waals surface area contributed by atoms with Crippen LogP contribution in [0.5, 0.6) is 5.75 Å². The minimum Gasteiger partial charge on any atom is -0.479 e. The zero-order valence-corrected chi connectivity index (χ0v) is 12.1. The first-order valence-corrected chi connectivity index (χ1v) is 6.68. The van der Waals surface area contributed by atoms with E-state index in [1.807, 2.05) is 6.07 Å². The van der Waals surface area contributed by atoms with Gasteiger partial charge < -0.3 is 9.30 Å². The fourth-order valence-corrected chi connectivity index (χ4v) is 2.13. The minimum atomic E-state index is -2.67. The van der Waals surface area contributed by atoms with Gasteiger partial charge in [0, 0.05) is 0 Å². The molecule has 0 amide bonds. The molecule has 0 N–H and O–H groups in total. The van der Waals surface area contributed by atoms with Crippen LogP contribution in [0.1, 0.15) is 0 Å². The van der Waals surface area contributed by atoms with Gasteiger partial charge >= 0.3 is 0 Å². The molecule has 114 valence electrons. The lowest BCUT2D eigenvalue weighted by Gasteiger charge is -2.13. The van der Waals surface area contributed by atoms with E-state index in [4.69, 9.17) is 21.6 Å². The Kier molecular flexibility index (Phi) is 5.12. The summed E-state index contributed by atoms with van der Waals surface area (Å²) >= 11 is 5.71. The van der Waals surface area contributed by atoms with Gasteiger partial charge in [-0.3, -0.25) is 4.79 Å². The summed E-state index contributed by atoms with van der Waals surface area (Å²) in [6.45, 7) is -0.822. The zero-order valence-electron chi connectivity index (χ0n) is 11.3. The van der Waals surface area contributed by atoms with Gasteiger partial charge in [-0.1, -0.05) is 11.6 Å². The van der Waals surface area contributed by atoms with Crippen molar-refractivity contribution in [3.63, 3.8) is 0 Å². The van der Waals surface area contributed by atoms with Gasteiger partial charge in [0.1, 0.15) is 16.8 Å². The minimum absolute atomic E-state index is 0.0869. The Morgan fingerprint density at radius 3 is 2.50 bits per heavy atom. The molecule has 0 saturated carbocycles. The molecule has 0 bridgehead atoms. The molecule has 0 spiro atoms. The number of pyridine rings is 1. The molecule has 2 rings (SSSR count). The Hall–Kier alpha value is -2.39. The van der Waals surface area contributed by atoms with E-state index in [0.29, 0.717) is 17.0 Å². The lowest BCUT2D eigenvalue weighted by atomic mass is 10.1. The van der Waals surface area contributed by atoms with Crippen LogP contribution in [0.2, 0.25) is 5.02 Å². The van der Waals surface area contributed by atoms with Gasteiger partial charge in [-0.05, 0) is 42.0 Å². The highest BCUT2D eigenvalue weighted by atomic mass is 35.5. The van der Waals surface area contributed by atoms with Crippen molar-refractivity contribution in [1.29, 1.82) is 5.26 Å². The number of rotatable bonds is 5. The molecule has 1 heterocycles. The van der Waals surface area contributed by atoms with Crippen LogP contribution >= 0.6 is 11.6 Å². The van der Waals surface area contributed by atoms with E-state index < -0.39 is 18.5 Å². The quantitative estimate of drug-likeness (QED) is 0.847. The lowest BCUT2D eigenvalue weighted by Crippen LogP contribution is -2.25. The number of halogens is 3. The number of alkyl halides is 2. The maximum absolute atomic E-state index is 12.7. The van der Waals surface area contributed by atoms with E-state index in [9.17, 15) is 13.6 Å². The van der Waals surface area contributed by atoms with Crippen molar-refractivity contribution >= 4 is 11.6 Å². The molecule has 0 aliphatic carbocycles. The summed E-state index contributed by atoms with van der Waals surface area (Å²) in [7, 11) is 0. The molecule has 4 nitrogen and oxygen atoms in total. The molecule has 0 fully saturated rings. The van der Waals surface area contributed by atoms with Crippen molar-refractivity contribution in [1.82, 2.24) is 4.57 Å². The van der Waals surface area contributed by atoms with Crippen LogP contribution in [-0.2, 0) is 6.54 Å². The molecule has 0 aliphatic heterocycles. The summed E-state index contributed by atoms with van der Waals surface area (Å²) in [5.41, 5.74) is 0.240. The van der Waals surface area contributed by atoms with Gasteiger partial charge in [-0.2, -0.15) is 5.26 Å². The second kappa shape index (κ2) is 7.05. The Labute approximate surface area is 130 Å². The van der Waals surface area contributed by atoms with Crippen molar-refractivity contribution in [2.45, 2.75) is 13.0 Å². The Morgan fingerprint density at radius 1 is 1.23 bits per heavy atom. The third kappa shape index (κ3) is 3.62. The lowest BCUT2D eigenvalue weighted by molar-refractivity contribution is 0.126. The smallest absolute Gasteiger partial charge is 0.269 e. The van der Waals surface area contributed by atoms with Crippen LogP contribution in [0, 0.1) is 11.3 Å². The third-order valence-corrected chi connectivity index (χ3v) is 3.19. The molecule has 1 aromatic carbocycles. The average Bonchev–Trinajstić information content (AvgIpc) is 2.50. The molecule has 7 heteroatoms. The summed E-state index contributed by atoms with van der Waals surface area (Å²) in [5, 5.41) is 8.33. The molecule has 0 atom stereocenters. The van der Waals surface area contributed by atoms with Crippen LogP contribution in [0.15, 0.2) is 41.2 Å². The second-order valence-electron chi connectivity index (χ2n) is 4.34. The van der Waals surface area contributed by atoms with E-state index >= 15 is 0 Å². The van der Waals surface area contributed by atoms with Crippen LogP contribution < -0.4 is 10.3 Å². The van der Waals surface area contributed by atoms with E-state index in [0.717, 1.165) is 4.57 Å². The number of ether oxygens (including phenoxy) is 1. The summed E-state index contributed by atoms with van der Waals surface area (Å²) in [4.78, 5) is 11.9. The first-order chi connectivity index (χ1) is 10.5. The number of hydrogen-bond acceptors (Lipinski definition) is 3. The van der Waals surface area contributed by atoms with E-state index in [2.05, 4.69) is 0 Å². The van der Waals surface area contributed by atoms with Crippen molar-refractivity contribution in [3.05, 3.63) is 51.8 Å². The molecule has 2 aromatic rings. The number of benzene rings is 1. The first kappa shape index (κ1) is 16.0. The van der Waals surface area contributed by atoms with Gasteiger partial charge in [-0.15, -0.1) is 0 Å². The van der Waals surface area contributed by atoms with Crippen molar-refractivity contribution < 1.29 is 13.5 Å². The monoisotopic (exact) mass is 324 g/mol. The Balaban J connectivity index is 2.42. The molecule has 0 unspecified atom stereocenters. The number of aromatic nitrogens is 1. The highest BCUT2D eigenvalue weighted by Crippen LogP contribution is 2.23. The molecule has 1 aromatic heterocycles. The van der Waals surface area contributed by atoms with Crippen molar-refractivity contribution in [2.24, 2.45) is 0 Å². The second-order valence-corrected chi connectivity index (χ2v) is 4.75. The first-order valence-electron chi connectivity index (χ1n) is 6.30. The molecular weight excluding hydrogens is 314 g/mol. The van der Waals surface area contributed by atoms with Crippen LogP contribution in [0.3, 0.4) is 0 Å². The maximum Gasteiger partial charge on any atom is 0.269 e. The average molecular weight is 325 g/mol. The predicted molar refractivity (Wildman–Crippen MR) is 78.3 cm³/mol. The van der Waals surface area contributed by atoms with Crippen LogP contribution in [0.4, 0.5) is 8.78 Å². The molecule has 22 heavy (non-hydrogen) atoms. The van der Waals surface area contributed by atoms with Gasteiger partial charge in [0.15, 0.2) is 6.61 Å². The predicted octanol–water partition coefficient (Wildman–Crippen LogP) is 3.34. The van der Waals surface area contributed by atoms with Crippen LogP contribution in [-0.4, -0.2) is 17.6 Å². The number of nitrogens with zero attached hydrogens (tertiary/aromatic N) is 2. The summed E-state index contributed by atoms with van der Waals surface area (Å²) < 4.78 is 31.4. The maximum atomic E-state index is 12.7. The van der Waals surface area contributed by atoms with E-state index in [1.165, 1.54) is 12.1 Å². The highest BCUT2D eigenvalue weighted by molar-refractivity contribution is 6.30. The summed E-state index contributed by atoms with van der Waals surface area (Å²) in [6, 6.07) is 11.2. The highest BCUT2D eigenvalue weighted by Gasteiger charge is 2.13. The van der Waals surface area contributed by atoms with E-state index in [1.54, 1.807) is 24.3 Å². The van der Waals surface area contributed by atoms with Crippen LogP contribution in [0.25, 0.3) is 11.3 Å². The fourth-order valence-electron chi connectivity index (χ4n) is 1.96. The third-order valence-electron chi connectivity index (χ3n) is 2.90. The summed E-state index contributed by atoms with van der Waals surface area (Å²) in [6.07, 6.45) is -2.67. The largest absolute Gasteiger partial charge is 0.479 e. The normalized spacial score (nSPS) is 10.5.